The van der Waals surface area contributed by atoms with Crippen LogP contribution < -0.4 is 4.90 Å². The molecule has 4 aromatic carbocycles. The molecule has 1 heterocycles. The van der Waals surface area contributed by atoms with E-state index in [4.69, 9.17) is 0 Å². The van der Waals surface area contributed by atoms with Crippen molar-refractivity contribution < 1.29 is 0 Å². The molecule has 1 aliphatic heterocycles. The summed E-state index contributed by atoms with van der Waals surface area (Å²) in [5, 5.41) is 0. The number of fused-ring (bicyclic) bond motifs is 2. The second-order valence-corrected chi connectivity index (χ2v) is 7.56. The molecule has 1 heteroatoms. The molecule has 0 unspecified atom stereocenters. The summed E-state index contributed by atoms with van der Waals surface area (Å²) in [5.74, 6) is 0. The Morgan fingerprint density at radius 2 is 0.967 bits per heavy atom. The van der Waals surface area contributed by atoms with E-state index in [1.807, 2.05) is 6.07 Å². The maximum atomic E-state index is 2.30. The van der Waals surface area contributed by atoms with Crippen LogP contribution in [0.3, 0.4) is 0 Å². The molecule has 4 aromatic rings. The minimum absolute atomic E-state index is 1.20. The molecule has 0 atom stereocenters. The average molecular weight is 386 g/mol. The summed E-state index contributed by atoms with van der Waals surface area (Å²) in [5.41, 5.74) is 9.91. The minimum Gasteiger partial charge on any atom is -0.344 e. The van der Waals surface area contributed by atoms with Crippen LogP contribution >= 0.6 is 0 Å². The number of rotatable bonds is 3. The first-order valence-corrected chi connectivity index (χ1v) is 10.3. The van der Waals surface area contributed by atoms with E-state index in [0.29, 0.717) is 0 Å². The SMILES string of the molecule is CN1c2ccccc2C(=Cc2ccc(/C=C/c3ccccc3)cc2)c2ccccc21. The molecule has 144 valence electrons. The van der Waals surface area contributed by atoms with Crippen molar-refractivity contribution >= 4 is 35.2 Å². The standard InChI is InChI=1S/C29H23N/c1-30-28-13-7-5-11-25(28)27(26-12-6-8-14-29(26)30)21-24-19-17-23(18-20-24)16-15-22-9-3-2-4-10-22/h2-21H,1H3/b16-15+. The monoisotopic (exact) mass is 385 g/mol. The third-order valence-electron chi connectivity index (χ3n) is 5.63. The van der Waals surface area contributed by atoms with E-state index in [0.717, 1.165) is 0 Å². The van der Waals surface area contributed by atoms with Crippen molar-refractivity contribution in [3.05, 3.63) is 131 Å². The van der Waals surface area contributed by atoms with Crippen molar-refractivity contribution in [2.45, 2.75) is 0 Å². The van der Waals surface area contributed by atoms with E-state index in [1.54, 1.807) is 0 Å². The van der Waals surface area contributed by atoms with Gasteiger partial charge in [0, 0.05) is 29.5 Å². The first-order chi connectivity index (χ1) is 14.8. The summed E-state index contributed by atoms with van der Waals surface area (Å²) in [4.78, 5) is 2.28. The van der Waals surface area contributed by atoms with Gasteiger partial charge in [-0.1, -0.05) is 103 Å². The molecule has 1 nitrogen and oxygen atoms in total. The zero-order valence-corrected chi connectivity index (χ0v) is 17.0. The number of hydrogen-bond acceptors (Lipinski definition) is 1. The van der Waals surface area contributed by atoms with Gasteiger partial charge >= 0.3 is 0 Å². The topological polar surface area (TPSA) is 3.24 Å². The second kappa shape index (κ2) is 7.88. The Kier molecular flexibility index (Phi) is 4.78. The number of para-hydroxylation sites is 2. The molecule has 0 radical (unpaired) electrons. The summed E-state index contributed by atoms with van der Waals surface area (Å²) < 4.78 is 0. The number of hydrogen-bond donors (Lipinski definition) is 0. The maximum absolute atomic E-state index is 2.30. The highest BCUT2D eigenvalue weighted by Gasteiger charge is 2.23. The molecule has 0 spiro atoms. The van der Waals surface area contributed by atoms with Gasteiger partial charge in [0.2, 0.25) is 0 Å². The zero-order chi connectivity index (χ0) is 20.3. The van der Waals surface area contributed by atoms with Gasteiger partial charge in [0.25, 0.3) is 0 Å². The van der Waals surface area contributed by atoms with Crippen LogP contribution in [0.15, 0.2) is 103 Å². The Balaban J connectivity index is 1.51. The predicted octanol–water partition coefficient (Wildman–Crippen LogP) is 7.53. The molecule has 0 bridgehead atoms. The third-order valence-corrected chi connectivity index (χ3v) is 5.63. The van der Waals surface area contributed by atoms with E-state index in [1.165, 1.54) is 44.8 Å². The maximum Gasteiger partial charge on any atom is 0.0488 e. The molecule has 1 aliphatic rings. The first-order valence-electron chi connectivity index (χ1n) is 10.3. The molecule has 0 fully saturated rings. The van der Waals surface area contributed by atoms with Crippen molar-refractivity contribution in [1.29, 1.82) is 0 Å². The van der Waals surface area contributed by atoms with Crippen LogP contribution in [0.4, 0.5) is 11.4 Å². The van der Waals surface area contributed by atoms with Crippen molar-refractivity contribution in [3.63, 3.8) is 0 Å². The van der Waals surface area contributed by atoms with Gasteiger partial charge in [0.1, 0.15) is 0 Å². The fourth-order valence-corrected chi connectivity index (χ4v) is 4.04. The summed E-state index contributed by atoms with van der Waals surface area (Å²) >= 11 is 0. The molecule has 0 aromatic heterocycles. The van der Waals surface area contributed by atoms with Gasteiger partial charge in [-0.25, -0.2) is 0 Å². The van der Waals surface area contributed by atoms with Crippen LogP contribution in [0, 0.1) is 0 Å². The lowest BCUT2D eigenvalue weighted by molar-refractivity contribution is 1.17. The fourth-order valence-electron chi connectivity index (χ4n) is 4.04. The lowest BCUT2D eigenvalue weighted by atomic mass is 9.89. The highest BCUT2D eigenvalue weighted by molar-refractivity contribution is 6.03. The Labute approximate surface area is 178 Å². The Morgan fingerprint density at radius 3 is 1.57 bits per heavy atom. The van der Waals surface area contributed by atoms with Gasteiger partial charge in [-0.05, 0) is 40.5 Å². The first kappa shape index (κ1) is 18.2. The zero-order valence-electron chi connectivity index (χ0n) is 17.0. The lowest BCUT2D eigenvalue weighted by Crippen LogP contribution is -2.17. The number of anilines is 2. The minimum atomic E-state index is 1.20. The number of benzene rings is 4. The summed E-state index contributed by atoms with van der Waals surface area (Å²) in [6, 6.07) is 36.4. The predicted molar refractivity (Wildman–Crippen MR) is 130 cm³/mol. The van der Waals surface area contributed by atoms with Gasteiger partial charge in [-0.2, -0.15) is 0 Å². The van der Waals surface area contributed by atoms with Crippen LogP contribution in [-0.4, -0.2) is 7.05 Å². The molecule has 30 heavy (non-hydrogen) atoms. The smallest absolute Gasteiger partial charge is 0.0488 e. The molecule has 0 saturated heterocycles. The third kappa shape index (κ3) is 3.46. The van der Waals surface area contributed by atoms with Crippen LogP contribution in [0.25, 0.3) is 23.8 Å². The quantitative estimate of drug-likeness (QED) is 0.329. The molecule has 0 amide bonds. The molecule has 0 saturated carbocycles. The summed E-state index contributed by atoms with van der Waals surface area (Å²) in [7, 11) is 2.14. The van der Waals surface area contributed by atoms with Gasteiger partial charge in [0.05, 0.1) is 0 Å². The summed E-state index contributed by atoms with van der Waals surface area (Å²) in [6.07, 6.45) is 6.61. The average Bonchev–Trinajstić information content (AvgIpc) is 2.82. The van der Waals surface area contributed by atoms with Crippen molar-refractivity contribution in [1.82, 2.24) is 0 Å². The van der Waals surface area contributed by atoms with E-state index in [-0.39, 0.29) is 0 Å². The molecule has 5 rings (SSSR count). The number of nitrogens with zero attached hydrogens (tertiary/aromatic N) is 1. The normalized spacial score (nSPS) is 12.6. The highest BCUT2D eigenvalue weighted by atomic mass is 15.1. The Morgan fingerprint density at radius 1 is 0.500 bits per heavy atom. The second-order valence-electron chi connectivity index (χ2n) is 7.56. The molecular weight excluding hydrogens is 362 g/mol. The van der Waals surface area contributed by atoms with E-state index < -0.39 is 0 Å². The van der Waals surface area contributed by atoms with Crippen LogP contribution in [0.1, 0.15) is 27.8 Å². The van der Waals surface area contributed by atoms with E-state index >= 15 is 0 Å². The summed E-state index contributed by atoms with van der Waals surface area (Å²) in [6.45, 7) is 0. The van der Waals surface area contributed by atoms with E-state index in [2.05, 4.69) is 127 Å². The Bertz CT molecular complexity index is 1180. The van der Waals surface area contributed by atoms with Crippen molar-refractivity contribution in [3.8, 4) is 0 Å². The van der Waals surface area contributed by atoms with Crippen molar-refractivity contribution in [2.24, 2.45) is 0 Å². The largest absolute Gasteiger partial charge is 0.344 e. The van der Waals surface area contributed by atoms with Crippen molar-refractivity contribution in [2.75, 3.05) is 11.9 Å². The lowest BCUT2D eigenvalue weighted by Gasteiger charge is -2.31. The Hall–Kier alpha value is -3.84. The van der Waals surface area contributed by atoms with Crippen LogP contribution in [0.5, 0.6) is 0 Å². The van der Waals surface area contributed by atoms with Gasteiger partial charge < -0.3 is 4.90 Å². The molecule has 0 aliphatic carbocycles. The van der Waals surface area contributed by atoms with Gasteiger partial charge in [-0.15, -0.1) is 0 Å². The van der Waals surface area contributed by atoms with Crippen LogP contribution in [0.2, 0.25) is 0 Å². The van der Waals surface area contributed by atoms with E-state index in [9.17, 15) is 0 Å². The van der Waals surface area contributed by atoms with Crippen LogP contribution in [-0.2, 0) is 0 Å². The van der Waals surface area contributed by atoms with Gasteiger partial charge in [0.15, 0.2) is 0 Å². The highest BCUT2D eigenvalue weighted by Crippen LogP contribution is 2.44. The molecule has 0 N–H and O–H groups in total. The fraction of sp³-hybridized carbons (Fsp3) is 0.0345. The molecular formula is C29H23N. The van der Waals surface area contributed by atoms with Gasteiger partial charge in [-0.3, -0.25) is 0 Å².